The highest BCUT2D eigenvalue weighted by Crippen LogP contribution is 2.33. The Morgan fingerprint density at radius 3 is 2.92 bits per heavy atom. The van der Waals surface area contributed by atoms with Gasteiger partial charge in [0.2, 0.25) is 5.82 Å². The molecular weight excluding hydrogens is 176 g/mol. The van der Waals surface area contributed by atoms with Crippen LogP contribution in [0.3, 0.4) is 0 Å². The molecule has 4 heteroatoms. The maximum atomic E-state index is 13.2. The van der Waals surface area contributed by atoms with Gasteiger partial charge in [-0.1, -0.05) is 0 Å². The monoisotopic (exact) mass is 185 g/mol. The Morgan fingerprint density at radius 1 is 1.38 bits per heavy atom. The minimum atomic E-state index is -0.901. The number of fused-ring (bicyclic) bond motifs is 1. The van der Waals surface area contributed by atoms with Crippen LogP contribution in [0.4, 0.5) is 14.5 Å². The van der Waals surface area contributed by atoms with Crippen LogP contribution in [-0.4, -0.2) is 13.2 Å². The van der Waals surface area contributed by atoms with Crippen LogP contribution >= 0.6 is 0 Å². The number of ether oxygens (including phenoxy) is 1. The third-order valence-electron chi connectivity index (χ3n) is 2.01. The van der Waals surface area contributed by atoms with Gasteiger partial charge in [0, 0.05) is 6.54 Å². The van der Waals surface area contributed by atoms with E-state index in [0.29, 0.717) is 18.8 Å². The molecule has 2 nitrogen and oxygen atoms in total. The summed E-state index contributed by atoms with van der Waals surface area (Å²) in [6.45, 7) is 2.51. The van der Waals surface area contributed by atoms with Gasteiger partial charge in [-0.3, -0.25) is 0 Å². The first-order valence-electron chi connectivity index (χ1n) is 4.05. The van der Waals surface area contributed by atoms with Gasteiger partial charge >= 0.3 is 0 Å². The maximum Gasteiger partial charge on any atom is 0.203 e. The lowest BCUT2D eigenvalue weighted by Gasteiger charge is -2.20. The van der Waals surface area contributed by atoms with Crippen molar-refractivity contribution >= 4 is 5.69 Å². The van der Waals surface area contributed by atoms with Crippen molar-refractivity contribution in [1.29, 1.82) is 0 Å². The zero-order valence-electron chi connectivity index (χ0n) is 7.16. The summed E-state index contributed by atoms with van der Waals surface area (Å²) in [5.41, 5.74) is 0.817. The number of anilines is 1. The zero-order valence-corrected chi connectivity index (χ0v) is 7.16. The first-order chi connectivity index (χ1) is 6.20. The van der Waals surface area contributed by atoms with Gasteiger partial charge in [0.25, 0.3) is 0 Å². The summed E-state index contributed by atoms with van der Waals surface area (Å²) in [5, 5.41) is 2.94. The van der Waals surface area contributed by atoms with Crippen molar-refractivity contribution in [3.05, 3.63) is 23.3 Å². The van der Waals surface area contributed by atoms with Crippen molar-refractivity contribution < 1.29 is 13.5 Å². The van der Waals surface area contributed by atoms with Crippen molar-refractivity contribution in [2.75, 3.05) is 18.5 Å². The van der Waals surface area contributed by atoms with Gasteiger partial charge in [-0.25, -0.2) is 4.39 Å². The van der Waals surface area contributed by atoms with Gasteiger partial charge in [0.1, 0.15) is 6.61 Å². The standard InChI is InChI=1S/C9H9F2NO/c1-5-4-6-9(8(11)7(5)10)13-3-2-12-6/h4,12H,2-3H2,1H3. The summed E-state index contributed by atoms with van der Waals surface area (Å²) >= 11 is 0. The lowest BCUT2D eigenvalue weighted by molar-refractivity contribution is 0.299. The number of rotatable bonds is 0. The fourth-order valence-corrected chi connectivity index (χ4v) is 1.35. The van der Waals surface area contributed by atoms with Crippen LogP contribution < -0.4 is 10.1 Å². The molecule has 0 fully saturated rings. The van der Waals surface area contributed by atoms with Crippen molar-refractivity contribution in [3.63, 3.8) is 0 Å². The first-order valence-corrected chi connectivity index (χ1v) is 4.05. The second-order valence-corrected chi connectivity index (χ2v) is 2.97. The predicted molar refractivity (Wildman–Crippen MR) is 45.1 cm³/mol. The highest BCUT2D eigenvalue weighted by Gasteiger charge is 2.20. The third-order valence-corrected chi connectivity index (χ3v) is 2.01. The van der Waals surface area contributed by atoms with Crippen LogP contribution in [-0.2, 0) is 0 Å². The Balaban J connectivity index is 2.60. The van der Waals surface area contributed by atoms with Gasteiger partial charge in [-0.2, -0.15) is 4.39 Å². The first kappa shape index (κ1) is 8.29. The maximum absolute atomic E-state index is 13.2. The molecule has 0 bridgehead atoms. The minimum absolute atomic E-state index is 0.00523. The van der Waals surface area contributed by atoms with Gasteiger partial charge in [0.05, 0.1) is 5.69 Å². The summed E-state index contributed by atoms with van der Waals surface area (Å²) in [6.07, 6.45) is 0. The van der Waals surface area contributed by atoms with Gasteiger partial charge in [-0.05, 0) is 18.6 Å². The molecule has 0 spiro atoms. The molecule has 0 aliphatic carbocycles. The highest BCUT2D eigenvalue weighted by atomic mass is 19.2. The molecule has 0 amide bonds. The predicted octanol–water partition coefficient (Wildman–Crippen LogP) is 2.08. The largest absolute Gasteiger partial charge is 0.486 e. The number of benzene rings is 1. The van der Waals surface area contributed by atoms with Gasteiger partial charge in [-0.15, -0.1) is 0 Å². The van der Waals surface area contributed by atoms with Crippen LogP contribution in [0.25, 0.3) is 0 Å². The van der Waals surface area contributed by atoms with E-state index in [4.69, 9.17) is 4.74 Å². The smallest absolute Gasteiger partial charge is 0.203 e. The molecule has 0 radical (unpaired) electrons. The van der Waals surface area contributed by atoms with Crippen LogP contribution in [0, 0.1) is 18.6 Å². The van der Waals surface area contributed by atoms with E-state index in [9.17, 15) is 8.78 Å². The second-order valence-electron chi connectivity index (χ2n) is 2.97. The molecule has 70 valence electrons. The number of hydrogen-bond acceptors (Lipinski definition) is 2. The van der Waals surface area contributed by atoms with Crippen LogP contribution in [0.5, 0.6) is 5.75 Å². The molecule has 0 saturated heterocycles. The summed E-state index contributed by atoms with van der Waals surface area (Å²) < 4.78 is 31.3. The van der Waals surface area contributed by atoms with E-state index in [1.165, 1.54) is 6.92 Å². The van der Waals surface area contributed by atoms with Gasteiger partial charge < -0.3 is 10.1 Å². The minimum Gasteiger partial charge on any atom is -0.486 e. The van der Waals surface area contributed by atoms with Crippen molar-refractivity contribution in [2.45, 2.75) is 6.92 Å². The molecule has 1 aromatic rings. The van der Waals surface area contributed by atoms with Crippen molar-refractivity contribution in [1.82, 2.24) is 0 Å². The molecular formula is C9H9F2NO. The average molecular weight is 185 g/mol. The summed E-state index contributed by atoms with van der Waals surface area (Å²) in [6, 6.07) is 1.55. The SMILES string of the molecule is Cc1cc2c(c(F)c1F)OCCN2. The van der Waals surface area contributed by atoms with E-state index < -0.39 is 11.6 Å². The van der Waals surface area contributed by atoms with E-state index in [1.807, 2.05) is 0 Å². The lowest BCUT2D eigenvalue weighted by atomic mass is 10.1. The fraction of sp³-hybridized carbons (Fsp3) is 0.333. The summed E-state index contributed by atoms with van der Waals surface area (Å²) in [5.74, 6) is -1.74. The number of hydrogen-bond donors (Lipinski definition) is 1. The fourth-order valence-electron chi connectivity index (χ4n) is 1.35. The molecule has 1 N–H and O–H groups in total. The molecule has 0 unspecified atom stereocenters. The summed E-state index contributed by atoms with van der Waals surface area (Å²) in [4.78, 5) is 0. The van der Waals surface area contributed by atoms with Crippen molar-refractivity contribution in [3.8, 4) is 5.75 Å². The Morgan fingerprint density at radius 2 is 2.15 bits per heavy atom. The molecule has 1 heterocycles. The highest BCUT2D eigenvalue weighted by molar-refractivity contribution is 5.60. The van der Waals surface area contributed by atoms with Crippen LogP contribution in [0.1, 0.15) is 5.56 Å². The molecule has 0 aromatic heterocycles. The van der Waals surface area contributed by atoms with Crippen LogP contribution in [0.15, 0.2) is 6.07 Å². The lowest BCUT2D eigenvalue weighted by Crippen LogP contribution is -2.19. The van der Waals surface area contributed by atoms with Crippen molar-refractivity contribution in [2.24, 2.45) is 0 Å². The summed E-state index contributed by atoms with van der Waals surface area (Å²) in [7, 11) is 0. The molecule has 13 heavy (non-hydrogen) atoms. The molecule has 0 saturated carbocycles. The molecule has 1 aromatic carbocycles. The number of halogens is 2. The molecule has 1 aliphatic rings. The average Bonchev–Trinajstić information content (AvgIpc) is 2.15. The van der Waals surface area contributed by atoms with E-state index in [-0.39, 0.29) is 11.3 Å². The zero-order chi connectivity index (χ0) is 9.42. The Labute approximate surface area is 74.5 Å². The topological polar surface area (TPSA) is 21.3 Å². The van der Waals surface area contributed by atoms with Crippen LogP contribution in [0.2, 0.25) is 0 Å². The normalized spacial score (nSPS) is 14.4. The second kappa shape index (κ2) is 2.87. The van der Waals surface area contributed by atoms with E-state index in [2.05, 4.69) is 5.32 Å². The van der Waals surface area contributed by atoms with E-state index in [1.54, 1.807) is 6.07 Å². The van der Waals surface area contributed by atoms with E-state index in [0.717, 1.165) is 0 Å². The Kier molecular flexibility index (Phi) is 1.83. The number of nitrogens with one attached hydrogen (secondary N) is 1. The number of aryl methyl sites for hydroxylation is 1. The molecule has 0 atom stereocenters. The van der Waals surface area contributed by atoms with E-state index >= 15 is 0 Å². The molecule has 1 aliphatic heterocycles. The van der Waals surface area contributed by atoms with Gasteiger partial charge in [0.15, 0.2) is 11.6 Å². The Hall–Kier alpha value is -1.32. The Bertz CT molecular complexity index is 352. The quantitative estimate of drug-likeness (QED) is 0.668. The molecule has 2 rings (SSSR count). The third kappa shape index (κ3) is 1.22.